The number of aromatic nitrogens is 3. The third kappa shape index (κ3) is 3.48. The number of halogens is 1. The summed E-state index contributed by atoms with van der Waals surface area (Å²) in [6.45, 7) is 0. The van der Waals surface area contributed by atoms with Gasteiger partial charge in [-0.2, -0.15) is 4.80 Å². The molecule has 3 aromatic carbocycles. The van der Waals surface area contributed by atoms with Gasteiger partial charge in [0.1, 0.15) is 22.6 Å². The summed E-state index contributed by atoms with van der Waals surface area (Å²) in [7, 11) is 1.57. The Bertz CT molecular complexity index is 1110. The Labute approximate surface area is 154 Å². The van der Waals surface area contributed by atoms with Gasteiger partial charge >= 0.3 is 0 Å². The molecule has 0 unspecified atom stereocenters. The van der Waals surface area contributed by atoms with Gasteiger partial charge in [0.15, 0.2) is 0 Å². The highest BCUT2D eigenvalue weighted by Gasteiger charge is 2.09. The van der Waals surface area contributed by atoms with Crippen LogP contribution in [0.3, 0.4) is 0 Å². The van der Waals surface area contributed by atoms with E-state index >= 15 is 0 Å². The number of anilines is 1. The molecule has 0 aliphatic heterocycles. The van der Waals surface area contributed by atoms with E-state index in [0.29, 0.717) is 33.7 Å². The molecule has 1 N–H and O–H groups in total. The molecule has 0 atom stereocenters. The number of nitrogens with zero attached hydrogens (tertiary/aromatic N) is 3. The average molecular weight is 362 g/mol. The van der Waals surface area contributed by atoms with Crippen LogP contribution in [-0.4, -0.2) is 28.0 Å². The first kappa shape index (κ1) is 16.7. The maximum absolute atomic E-state index is 13.1. The van der Waals surface area contributed by atoms with Crippen molar-refractivity contribution >= 4 is 22.6 Å². The molecular weight excluding hydrogens is 347 g/mol. The fourth-order valence-electron chi connectivity index (χ4n) is 2.63. The number of ether oxygens (including phenoxy) is 1. The van der Waals surface area contributed by atoms with Gasteiger partial charge in [0.25, 0.3) is 5.91 Å². The lowest BCUT2D eigenvalue weighted by Gasteiger charge is -2.06. The second kappa shape index (κ2) is 6.87. The minimum atomic E-state index is -0.320. The Hall–Kier alpha value is -3.74. The summed E-state index contributed by atoms with van der Waals surface area (Å²) < 4.78 is 18.2. The molecule has 4 rings (SSSR count). The van der Waals surface area contributed by atoms with Crippen molar-refractivity contribution in [2.24, 2.45) is 0 Å². The van der Waals surface area contributed by atoms with Gasteiger partial charge < -0.3 is 10.1 Å². The highest BCUT2D eigenvalue weighted by molar-refractivity contribution is 6.05. The predicted octanol–water partition coefficient (Wildman–Crippen LogP) is 3.82. The summed E-state index contributed by atoms with van der Waals surface area (Å²) in [5.41, 5.74) is 3.06. The lowest BCUT2D eigenvalue weighted by molar-refractivity contribution is 0.102. The van der Waals surface area contributed by atoms with Crippen LogP contribution in [0, 0.1) is 5.82 Å². The SMILES string of the molecule is COc1ccc(C(=O)Nc2ccc3nn(-c4ccc(F)cc4)nc3c2)cc1. The van der Waals surface area contributed by atoms with E-state index in [4.69, 9.17) is 4.74 Å². The van der Waals surface area contributed by atoms with Gasteiger partial charge in [-0.25, -0.2) is 4.39 Å². The topological polar surface area (TPSA) is 69.0 Å². The Morgan fingerprint density at radius 1 is 0.963 bits per heavy atom. The molecule has 4 aromatic rings. The zero-order valence-electron chi connectivity index (χ0n) is 14.4. The first-order valence-corrected chi connectivity index (χ1v) is 8.21. The molecule has 7 heteroatoms. The third-order valence-electron chi connectivity index (χ3n) is 4.05. The lowest BCUT2D eigenvalue weighted by atomic mass is 10.2. The summed E-state index contributed by atoms with van der Waals surface area (Å²) in [5.74, 6) is 0.132. The summed E-state index contributed by atoms with van der Waals surface area (Å²) >= 11 is 0. The van der Waals surface area contributed by atoms with E-state index in [1.807, 2.05) is 0 Å². The molecule has 0 fully saturated rings. The third-order valence-corrected chi connectivity index (χ3v) is 4.05. The Balaban J connectivity index is 1.57. The first-order valence-electron chi connectivity index (χ1n) is 8.21. The molecule has 6 nitrogen and oxygen atoms in total. The average Bonchev–Trinajstić information content (AvgIpc) is 3.12. The largest absolute Gasteiger partial charge is 0.497 e. The van der Waals surface area contributed by atoms with Gasteiger partial charge in [-0.15, -0.1) is 10.2 Å². The minimum Gasteiger partial charge on any atom is -0.497 e. The summed E-state index contributed by atoms with van der Waals surface area (Å²) in [4.78, 5) is 13.8. The number of carbonyl (C=O) groups is 1. The van der Waals surface area contributed by atoms with Crippen LogP contribution in [-0.2, 0) is 0 Å². The van der Waals surface area contributed by atoms with Crippen molar-refractivity contribution in [2.45, 2.75) is 0 Å². The van der Waals surface area contributed by atoms with Gasteiger partial charge in [-0.05, 0) is 66.7 Å². The lowest BCUT2D eigenvalue weighted by Crippen LogP contribution is -2.11. The van der Waals surface area contributed by atoms with E-state index in [1.54, 1.807) is 61.7 Å². The maximum Gasteiger partial charge on any atom is 0.255 e. The summed E-state index contributed by atoms with van der Waals surface area (Å²) in [6, 6.07) is 18.0. The number of benzene rings is 3. The Kier molecular flexibility index (Phi) is 4.25. The van der Waals surface area contributed by atoms with Crippen LogP contribution >= 0.6 is 0 Å². The number of fused-ring (bicyclic) bond motifs is 1. The number of nitrogens with one attached hydrogen (secondary N) is 1. The molecule has 1 aromatic heterocycles. The number of methoxy groups -OCH3 is 1. The molecule has 0 radical (unpaired) electrons. The van der Waals surface area contributed by atoms with Crippen LogP contribution in [0.15, 0.2) is 66.7 Å². The van der Waals surface area contributed by atoms with Crippen LogP contribution in [0.5, 0.6) is 5.75 Å². The number of hydrogen-bond donors (Lipinski definition) is 1. The van der Waals surface area contributed by atoms with Crippen molar-refractivity contribution in [2.75, 3.05) is 12.4 Å². The van der Waals surface area contributed by atoms with Gasteiger partial charge in [-0.1, -0.05) is 0 Å². The van der Waals surface area contributed by atoms with Gasteiger partial charge in [0.2, 0.25) is 0 Å². The normalized spacial score (nSPS) is 10.7. The van der Waals surface area contributed by atoms with Gasteiger partial charge in [0.05, 0.1) is 12.8 Å². The molecule has 134 valence electrons. The van der Waals surface area contributed by atoms with Gasteiger partial charge in [-0.3, -0.25) is 4.79 Å². The fourth-order valence-corrected chi connectivity index (χ4v) is 2.63. The van der Waals surface area contributed by atoms with E-state index in [1.165, 1.54) is 16.9 Å². The van der Waals surface area contributed by atoms with Crippen molar-refractivity contribution in [3.05, 3.63) is 78.1 Å². The molecule has 0 saturated heterocycles. The predicted molar refractivity (Wildman–Crippen MR) is 99.8 cm³/mol. The van der Waals surface area contributed by atoms with Crippen molar-refractivity contribution in [1.29, 1.82) is 0 Å². The maximum atomic E-state index is 13.1. The van der Waals surface area contributed by atoms with E-state index in [2.05, 4.69) is 15.5 Å². The highest BCUT2D eigenvalue weighted by Crippen LogP contribution is 2.19. The zero-order chi connectivity index (χ0) is 18.8. The molecule has 27 heavy (non-hydrogen) atoms. The van der Waals surface area contributed by atoms with E-state index in [-0.39, 0.29) is 11.7 Å². The molecule has 0 saturated carbocycles. The quantitative estimate of drug-likeness (QED) is 0.599. The molecule has 0 bridgehead atoms. The monoisotopic (exact) mass is 362 g/mol. The Morgan fingerprint density at radius 3 is 2.37 bits per heavy atom. The molecule has 1 amide bonds. The van der Waals surface area contributed by atoms with Crippen LogP contribution < -0.4 is 10.1 Å². The van der Waals surface area contributed by atoms with Crippen LogP contribution in [0.2, 0.25) is 0 Å². The smallest absolute Gasteiger partial charge is 0.255 e. The van der Waals surface area contributed by atoms with Crippen molar-refractivity contribution in [3.8, 4) is 11.4 Å². The zero-order valence-corrected chi connectivity index (χ0v) is 14.4. The number of carbonyl (C=O) groups excluding carboxylic acids is 1. The van der Waals surface area contributed by atoms with E-state index in [9.17, 15) is 9.18 Å². The summed E-state index contributed by atoms with van der Waals surface area (Å²) in [6.07, 6.45) is 0. The van der Waals surface area contributed by atoms with Crippen LogP contribution in [0.4, 0.5) is 10.1 Å². The molecule has 0 aliphatic carbocycles. The second-order valence-electron chi connectivity index (χ2n) is 5.85. The van der Waals surface area contributed by atoms with Crippen molar-refractivity contribution in [3.63, 3.8) is 0 Å². The van der Waals surface area contributed by atoms with E-state index < -0.39 is 0 Å². The summed E-state index contributed by atoms with van der Waals surface area (Å²) in [5, 5.41) is 11.6. The van der Waals surface area contributed by atoms with Crippen LogP contribution in [0.1, 0.15) is 10.4 Å². The first-order chi connectivity index (χ1) is 13.1. The molecule has 0 aliphatic rings. The standard InChI is InChI=1S/C20H15FN4O2/c1-27-17-9-2-13(3-10-17)20(26)22-15-6-11-18-19(12-15)24-25(23-18)16-7-4-14(21)5-8-16/h2-12H,1H3,(H,22,26). The molecule has 1 heterocycles. The number of amides is 1. The fraction of sp³-hybridized carbons (Fsp3) is 0.0500. The number of rotatable bonds is 4. The molecular formula is C20H15FN4O2. The van der Waals surface area contributed by atoms with Crippen molar-refractivity contribution in [1.82, 2.24) is 15.0 Å². The van der Waals surface area contributed by atoms with Crippen molar-refractivity contribution < 1.29 is 13.9 Å². The minimum absolute atomic E-state index is 0.233. The van der Waals surface area contributed by atoms with Gasteiger partial charge in [0, 0.05) is 11.3 Å². The number of hydrogen-bond acceptors (Lipinski definition) is 4. The van der Waals surface area contributed by atoms with E-state index in [0.717, 1.165) is 0 Å². The highest BCUT2D eigenvalue weighted by atomic mass is 19.1. The Morgan fingerprint density at radius 2 is 1.67 bits per heavy atom. The molecule has 0 spiro atoms. The van der Waals surface area contributed by atoms with Crippen LogP contribution in [0.25, 0.3) is 16.7 Å². The second-order valence-corrected chi connectivity index (χ2v) is 5.85.